The number of hydrogen-bond donors (Lipinski definition) is 3. The number of ketones is 1. The molecule has 118 valence electrons. The standard InChI is InChI=1S/C15H30N2O3/c1-15(2,20)13(18)9-5-6-10-14(19)17-12-8-4-3-7-11-16/h20H,3-12,16H2,1-2H3,(H,17,19). The topological polar surface area (TPSA) is 92.4 Å². The summed E-state index contributed by atoms with van der Waals surface area (Å²) >= 11 is 0. The highest BCUT2D eigenvalue weighted by atomic mass is 16.3. The smallest absolute Gasteiger partial charge is 0.219 e. The van der Waals surface area contributed by atoms with E-state index in [2.05, 4.69) is 5.32 Å². The van der Waals surface area contributed by atoms with Crippen LogP contribution in [-0.4, -0.2) is 35.5 Å². The minimum absolute atomic E-state index is 0.0412. The third-order valence-electron chi connectivity index (χ3n) is 3.19. The second kappa shape index (κ2) is 10.8. The summed E-state index contributed by atoms with van der Waals surface area (Å²) in [4.78, 5) is 23.0. The first kappa shape index (κ1) is 19.1. The highest BCUT2D eigenvalue weighted by molar-refractivity contribution is 5.86. The first-order valence-electron chi connectivity index (χ1n) is 7.60. The molecule has 0 atom stereocenters. The molecule has 0 spiro atoms. The Balaban J connectivity index is 3.44. The van der Waals surface area contributed by atoms with Crippen molar-refractivity contribution in [1.29, 1.82) is 0 Å². The van der Waals surface area contributed by atoms with Gasteiger partial charge in [-0.05, 0) is 46.1 Å². The van der Waals surface area contributed by atoms with Gasteiger partial charge in [0.25, 0.3) is 0 Å². The number of amides is 1. The lowest BCUT2D eigenvalue weighted by Gasteiger charge is -2.14. The molecule has 0 fully saturated rings. The Morgan fingerprint density at radius 1 is 1.00 bits per heavy atom. The highest BCUT2D eigenvalue weighted by Crippen LogP contribution is 2.10. The van der Waals surface area contributed by atoms with Crippen molar-refractivity contribution < 1.29 is 14.7 Å². The van der Waals surface area contributed by atoms with Crippen LogP contribution in [0.1, 0.15) is 65.2 Å². The average Bonchev–Trinajstić information content (AvgIpc) is 2.37. The summed E-state index contributed by atoms with van der Waals surface area (Å²) in [7, 11) is 0. The van der Waals surface area contributed by atoms with E-state index < -0.39 is 5.60 Å². The van der Waals surface area contributed by atoms with E-state index in [4.69, 9.17) is 5.73 Å². The van der Waals surface area contributed by atoms with Crippen molar-refractivity contribution in [2.45, 2.75) is 70.8 Å². The Morgan fingerprint density at radius 3 is 2.20 bits per heavy atom. The van der Waals surface area contributed by atoms with Crippen molar-refractivity contribution in [3.8, 4) is 0 Å². The lowest BCUT2D eigenvalue weighted by atomic mass is 9.98. The second-order valence-electron chi connectivity index (χ2n) is 5.74. The van der Waals surface area contributed by atoms with E-state index >= 15 is 0 Å². The van der Waals surface area contributed by atoms with Crippen LogP contribution in [0, 0.1) is 0 Å². The third-order valence-corrected chi connectivity index (χ3v) is 3.19. The van der Waals surface area contributed by atoms with Gasteiger partial charge in [-0.1, -0.05) is 12.8 Å². The Hall–Kier alpha value is -0.940. The van der Waals surface area contributed by atoms with Crippen LogP contribution in [0.25, 0.3) is 0 Å². The molecule has 0 aliphatic carbocycles. The SMILES string of the molecule is CC(C)(O)C(=O)CCCCC(=O)NCCCCCCN. The van der Waals surface area contributed by atoms with Crippen molar-refractivity contribution in [2.24, 2.45) is 5.73 Å². The van der Waals surface area contributed by atoms with Crippen molar-refractivity contribution in [3.05, 3.63) is 0 Å². The molecule has 0 bridgehead atoms. The Kier molecular flexibility index (Phi) is 10.3. The molecule has 0 unspecified atom stereocenters. The largest absolute Gasteiger partial charge is 0.383 e. The molecule has 0 aromatic heterocycles. The number of nitrogens with two attached hydrogens (primary N) is 1. The fourth-order valence-corrected chi connectivity index (χ4v) is 1.82. The first-order chi connectivity index (χ1) is 9.38. The van der Waals surface area contributed by atoms with Crippen LogP contribution < -0.4 is 11.1 Å². The minimum Gasteiger partial charge on any atom is -0.383 e. The summed E-state index contributed by atoms with van der Waals surface area (Å²) in [6.07, 6.45) is 6.35. The van der Waals surface area contributed by atoms with Gasteiger partial charge in [0.15, 0.2) is 5.78 Å². The number of carbonyl (C=O) groups excluding carboxylic acids is 2. The zero-order chi connectivity index (χ0) is 15.4. The molecule has 0 aliphatic rings. The molecule has 5 heteroatoms. The summed E-state index contributed by atoms with van der Waals surface area (Å²) in [6, 6.07) is 0. The van der Waals surface area contributed by atoms with Gasteiger partial charge in [0, 0.05) is 19.4 Å². The van der Waals surface area contributed by atoms with E-state index in [0.29, 0.717) is 32.2 Å². The van der Waals surface area contributed by atoms with Crippen molar-refractivity contribution in [1.82, 2.24) is 5.32 Å². The van der Waals surface area contributed by atoms with Crippen LogP contribution in [0.3, 0.4) is 0 Å². The van der Waals surface area contributed by atoms with Crippen molar-refractivity contribution in [2.75, 3.05) is 13.1 Å². The van der Waals surface area contributed by atoms with Gasteiger partial charge in [-0.25, -0.2) is 0 Å². The van der Waals surface area contributed by atoms with E-state index in [9.17, 15) is 14.7 Å². The molecular weight excluding hydrogens is 256 g/mol. The molecule has 0 aromatic carbocycles. The molecule has 0 saturated heterocycles. The molecule has 0 heterocycles. The molecule has 0 aromatic rings. The van der Waals surface area contributed by atoms with E-state index in [0.717, 1.165) is 32.2 Å². The molecule has 20 heavy (non-hydrogen) atoms. The summed E-state index contributed by atoms with van der Waals surface area (Å²) in [5, 5.41) is 12.3. The van der Waals surface area contributed by atoms with E-state index in [-0.39, 0.29) is 11.7 Å². The van der Waals surface area contributed by atoms with Crippen molar-refractivity contribution >= 4 is 11.7 Å². The predicted octanol–water partition coefficient (Wildman–Crippen LogP) is 1.52. The number of aliphatic hydroxyl groups is 1. The quantitative estimate of drug-likeness (QED) is 0.474. The lowest BCUT2D eigenvalue weighted by Crippen LogP contribution is -2.30. The fraction of sp³-hybridized carbons (Fsp3) is 0.867. The Bertz CT molecular complexity index is 285. The van der Waals surface area contributed by atoms with E-state index in [1.165, 1.54) is 13.8 Å². The maximum absolute atomic E-state index is 11.5. The lowest BCUT2D eigenvalue weighted by molar-refractivity contribution is -0.134. The van der Waals surface area contributed by atoms with Crippen LogP contribution in [0.5, 0.6) is 0 Å². The summed E-state index contributed by atoms with van der Waals surface area (Å²) in [5.74, 6) is -0.127. The Labute approximate surface area is 122 Å². The third kappa shape index (κ3) is 10.9. The fourth-order valence-electron chi connectivity index (χ4n) is 1.82. The Morgan fingerprint density at radius 2 is 1.60 bits per heavy atom. The van der Waals surface area contributed by atoms with Gasteiger partial charge in [-0.3, -0.25) is 9.59 Å². The van der Waals surface area contributed by atoms with Crippen LogP contribution in [0.4, 0.5) is 0 Å². The number of rotatable bonds is 12. The first-order valence-corrected chi connectivity index (χ1v) is 7.60. The van der Waals surface area contributed by atoms with Gasteiger partial charge < -0.3 is 16.2 Å². The molecule has 0 aliphatic heterocycles. The van der Waals surface area contributed by atoms with Crippen LogP contribution >= 0.6 is 0 Å². The van der Waals surface area contributed by atoms with Gasteiger partial charge in [-0.2, -0.15) is 0 Å². The minimum atomic E-state index is -1.26. The van der Waals surface area contributed by atoms with Crippen LogP contribution in [0.2, 0.25) is 0 Å². The number of carbonyl (C=O) groups is 2. The molecule has 5 nitrogen and oxygen atoms in total. The summed E-state index contributed by atoms with van der Waals surface area (Å²) in [6.45, 7) is 4.43. The number of nitrogens with one attached hydrogen (secondary N) is 1. The predicted molar refractivity (Wildman–Crippen MR) is 80.3 cm³/mol. The van der Waals surface area contributed by atoms with Crippen molar-refractivity contribution in [3.63, 3.8) is 0 Å². The molecule has 0 radical (unpaired) electrons. The molecule has 4 N–H and O–H groups in total. The molecular formula is C15H30N2O3. The molecule has 0 saturated carbocycles. The number of hydrogen-bond acceptors (Lipinski definition) is 4. The monoisotopic (exact) mass is 286 g/mol. The summed E-state index contributed by atoms with van der Waals surface area (Å²) in [5.41, 5.74) is 4.14. The number of Topliss-reactive ketones (excluding diaryl/α,β-unsaturated/α-hetero) is 1. The van der Waals surface area contributed by atoms with Gasteiger partial charge in [0.05, 0.1) is 0 Å². The zero-order valence-electron chi connectivity index (χ0n) is 12.9. The van der Waals surface area contributed by atoms with Crippen LogP contribution in [0.15, 0.2) is 0 Å². The van der Waals surface area contributed by atoms with Gasteiger partial charge >= 0.3 is 0 Å². The second-order valence-corrected chi connectivity index (χ2v) is 5.74. The highest BCUT2D eigenvalue weighted by Gasteiger charge is 2.22. The zero-order valence-corrected chi connectivity index (χ0v) is 12.9. The number of unbranched alkanes of at least 4 members (excludes halogenated alkanes) is 4. The average molecular weight is 286 g/mol. The molecule has 0 rings (SSSR count). The maximum atomic E-state index is 11.5. The van der Waals surface area contributed by atoms with Gasteiger partial charge in [0.1, 0.15) is 5.60 Å². The van der Waals surface area contributed by atoms with Crippen LogP contribution in [-0.2, 0) is 9.59 Å². The van der Waals surface area contributed by atoms with E-state index in [1.807, 2.05) is 0 Å². The van der Waals surface area contributed by atoms with Gasteiger partial charge in [0.2, 0.25) is 5.91 Å². The molecule has 1 amide bonds. The maximum Gasteiger partial charge on any atom is 0.219 e. The normalized spacial score (nSPS) is 11.4. The van der Waals surface area contributed by atoms with E-state index in [1.54, 1.807) is 0 Å². The van der Waals surface area contributed by atoms with Gasteiger partial charge in [-0.15, -0.1) is 0 Å². The summed E-state index contributed by atoms with van der Waals surface area (Å²) < 4.78 is 0.